The third-order valence-corrected chi connectivity index (χ3v) is 3.83. The number of alkyl halides is 2. The summed E-state index contributed by atoms with van der Waals surface area (Å²) < 4.78 is 32.2. The third-order valence-electron chi connectivity index (χ3n) is 3.83. The van der Waals surface area contributed by atoms with Crippen LogP contribution in [-0.4, -0.2) is 34.7 Å². The van der Waals surface area contributed by atoms with E-state index in [9.17, 15) is 8.78 Å². The number of hydrogen-bond donors (Lipinski definition) is 0. The van der Waals surface area contributed by atoms with E-state index in [2.05, 4.69) is 11.1 Å². The second-order valence-electron chi connectivity index (χ2n) is 5.62. The number of benzene rings is 2. The molecule has 0 radical (unpaired) electrons. The van der Waals surface area contributed by atoms with Crippen molar-refractivity contribution in [2.45, 2.75) is 13.1 Å². The van der Waals surface area contributed by atoms with E-state index >= 15 is 0 Å². The van der Waals surface area contributed by atoms with E-state index in [1.165, 1.54) is 17.8 Å². The summed E-state index contributed by atoms with van der Waals surface area (Å²) >= 11 is 0. The number of hydrogen-bond acceptors (Lipinski definition) is 3. The largest absolute Gasteiger partial charge is 0.492 e. The first kappa shape index (κ1) is 16.4. The van der Waals surface area contributed by atoms with E-state index in [4.69, 9.17) is 4.74 Å². The highest BCUT2D eigenvalue weighted by Gasteiger charge is 2.12. The fraction of sp³-hybridized carbons (Fsp3) is 0.278. The Balaban J connectivity index is 1.52. The summed E-state index contributed by atoms with van der Waals surface area (Å²) in [6.45, 7) is -1.13. The maximum absolute atomic E-state index is 12.8. The van der Waals surface area contributed by atoms with Crippen LogP contribution < -0.4 is 4.74 Å². The Labute approximate surface area is 139 Å². The van der Waals surface area contributed by atoms with Crippen LogP contribution in [0, 0.1) is 0 Å². The Morgan fingerprint density at radius 2 is 1.96 bits per heavy atom. The Bertz CT molecular complexity index is 804. The summed E-state index contributed by atoms with van der Waals surface area (Å²) in [6.07, 6.45) is 2.68. The molecule has 2 aromatic carbocycles. The van der Waals surface area contributed by atoms with Crippen molar-refractivity contribution in [1.29, 1.82) is 0 Å². The third kappa shape index (κ3) is 3.89. The minimum Gasteiger partial charge on any atom is -0.492 e. The summed E-state index contributed by atoms with van der Waals surface area (Å²) in [5, 5.41) is 2.29. The lowest BCUT2D eigenvalue weighted by Gasteiger charge is -2.17. The average Bonchev–Trinajstić information content (AvgIpc) is 3.03. The maximum atomic E-state index is 12.8. The van der Waals surface area contributed by atoms with Crippen LogP contribution >= 0.6 is 0 Å². The molecule has 1 aromatic heterocycles. The molecule has 0 aliphatic rings. The monoisotopic (exact) mass is 331 g/mol. The number of likely N-dealkylation sites (N-methyl/N-ethyl adjacent to an activating group) is 1. The molecule has 0 aliphatic heterocycles. The highest BCUT2D eigenvalue weighted by Crippen LogP contribution is 2.20. The normalized spacial score (nSPS) is 11.5. The maximum Gasteiger partial charge on any atom is 0.319 e. The van der Waals surface area contributed by atoms with Gasteiger partial charge in [0.25, 0.3) is 0 Å². The fourth-order valence-corrected chi connectivity index (χ4v) is 2.54. The highest BCUT2D eigenvalue weighted by atomic mass is 19.3. The van der Waals surface area contributed by atoms with Gasteiger partial charge in [0.05, 0.1) is 6.54 Å². The van der Waals surface area contributed by atoms with Crippen molar-refractivity contribution < 1.29 is 13.5 Å². The van der Waals surface area contributed by atoms with Crippen LogP contribution in [0.4, 0.5) is 8.78 Å². The van der Waals surface area contributed by atoms with E-state index in [0.29, 0.717) is 25.5 Å². The van der Waals surface area contributed by atoms with Gasteiger partial charge in [0.2, 0.25) is 0 Å². The Morgan fingerprint density at radius 3 is 2.75 bits per heavy atom. The molecule has 126 valence electrons. The summed E-state index contributed by atoms with van der Waals surface area (Å²) in [5.74, 6) is 1.15. The van der Waals surface area contributed by atoms with Gasteiger partial charge >= 0.3 is 6.55 Å². The predicted octanol–water partition coefficient (Wildman–Crippen LogP) is 3.94. The summed E-state index contributed by atoms with van der Waals surface area (Å²) in [5.41, 5.74) is 0. The van der Waals surface area contributed by atoms with E-state index in [1.807, 2.05) is 48.3 Å². The molecule has 0 amide bonds. The predicted molar refractivity (Wildman–Crippen MR) is 89.3 cm³/mol. The van der Waals surface area contributed by atoms with E-state index in [-0.39, 0.29) is 0 Å². The second-order valence-corrected chi connectivity index (χ2v) is 5.62. The molecule has 0 saturated heterocycles. The van der Waals surface area contributed by atoms with Gasteiger partial charge in [-0.05, 0) is 30.0 Å². The van der Waals surface area contributed by atoms with Gasteiger partial charge in [-0.2, -0.15) is 8.78 Å². The zero-order valence-corrected chi connectivity index (χ0v) is 13.4. The number of ether oxygens (including phenoxy) is 1. The van der Waals surface area contributed by atoms with Gasteiger partial charge in [-0.3, -0.25) is 9.47 Å². The molecule has 0 unspecified atom stereocenters. The van der Waals surface area contributed by atoms with Crippen molar-refractivity contribution in [3.63, 3.8) is 0 Å². The van der Waals surface area contributed by atoms with Crippen molar-refractivity contribution in [3.8, 4) is 5.75 Å². The van der Waals surface area contributed by atoms with E-state index in [1.54, 1.807) is 0 Å². The highest BCUT2D eigenvalue weighted by molar-refractivity contribution is 5.83. The van der Waals surface area contributed by atoms with Gasteiger partial charge in [-0.1, -0.05) is 30.3 Å². The molecule has 3 rings (SSSR count). The molecule has 0 N–H and O–H groups in total. The van der Waals surface area contributed by atoms with Gasteiger partial charge in [0.1, 0.15) is 18.2 Å². The number of halogens is 2. The zero-order chi connectivity index (χ0) is 16.9. The molecule has 6 heteroatoms. The number of fused-ring (bicyclic) bond motifs is 1. The molecule has 4 nitrogen and oxygen atoms in total. The number of nitrogens with zero attached hydrogens (tertiary/aromatic N) is 3. The first-order chi connectivity index (χ1) is 11.6. The van der Waals surface area contributed by atoms with Crippen LogP contribution in [-0.2, 0) is 6.54 Å². The van der Waals surface area contributed by atoms with Crippen LogP contribution in [0.25, 0.3) is 10.8 Å². The van der Waals surface area contributed by atoms with E-state index < -0.39 is 6.55 Å². The lowest BCUT2D eigenvalue weighted by Crippen LogP contribution is -2.25. The Morgan fingerprint density at radius 1 is 1.17 bits per heavy atom. The smallest absolute Gasteiger partial charge is 0.319 e. The molecule has 1 heterocycles. The number of rotatable bonds is 7. The van der Waals surface area contributed by atoms with Gasteiger partial charge in [-0.25, -0.2) is 4.98 Å². The topological polar surface area (TPSA) is 30.3 Å². The van der Waals surface area contributed by atoms with Crippen molar-refractivity contribution in [1.82, 2.24) is 14.5 Å². The number of aromatic nitrogens is 2. The first-order valence-electron chi connectivity index (χ1n) is 7.73. The molecule has 0 atom stereocenters. The van der Waals surface area contributed by atoms with E-state index in [0.717, 1.165) is 15.7 Å². The van der Waals surface area contributed by atoms with Gasteiger partial charge < -0.3 is 4.74 Å². The molecule has 24 heavy (non-hydrogen) atoms. The molecule has 3 aromatic rings. The molecular formula is C18H19F2N3O. The van der Waals surface area contributed by atoms with Gasteiger partial charge in [0.15, 0.2) is 0 Å². The molecule has 0 aliphatic carbocycles. The zero-order valence-electron chi connectivity index (χ0n) is 13.4. The van der Waals surface area contributed by atoms with Crippen molar-refractivity contribution in [2.75, 3.05) is 20.2 Å². The summed E-state index contributed by atoms with van der Waals surface area (Å²) in [6, 6.07) is 14.0. The molecule has 0 fully saturated rings. The first-order valence-corrected chi connectivity index (χ1v) is 7.73. The quantitative estimate of drug-likeness (QED) is 0.657. The standard InChI is InChI=1S/C18H19F2N3O/c1-22(13-17-21-8-9-23(17)18(19)20)10-11-24-16-7-6-14-4-2-3-5-15(14)12-16/h2-9,12,18H,10-11,13H2,1H3. The number of imidazole rings is 1. The minimum absolute atomic E-state index is 0.346. The lowest BCUT2D eigenvalue weighted by molar-refractivity contribution is 0.0643. The SMILES string of the molecule is CN(CCOc1ccc2ccccc2c1)Cc1nccn1C(F)F. The van der Waals surface area contributed by atoms with Crippen molar-refractivity contribution in [2.24, 2.45) is 0 Å². The van der Waals surface area contributed by atoms with Gasteiger partial charge in [0, 0.05) is 18.9 Å². The van der Waals surface area contributed by atoms with Crippen LogP contribution in [0.2, 0.25) is 0 Å². The molecule has 0 saturated carbocycles. The van der Waals surface area contributed by atoms with Gasteiger partial charge in [-0.15, -0.1) is 0 Å². The molecule has 0 bridgehead atoms. The van der Waals surface area contributed by atoms with Crippen LogP contribution in [0.15, 0.2) is 54.9 Å². The summed E-state index contributed by atoms with van der Waals surface area (Å²) in [4.78, 5) is 5.88. The lowest BCUT2D eigenvalue weighted by atomic mass is 10.1. The fourth-order valence-electron chi connectivity index (χ4n) is 2.54. The van der Waals surface area contributed by atoms with Crippen molar-refractivity contribution >= 4 is 10.8 Å². The summed E-state index contributed by atoms with van der Waals surface area (Å²) in [7, 11) is 1.86. The second kappa shape index (κ2) is 7.40. The molecule has 0 spiro atoms. The average molecular weight is 331 g/mol. The van der Waals surface area contributed by atoms with Crippen LogP contribution in [0.5, 0.6) is 5.75 Å². The minimum atomic E-state index is -2.57. The van der Waals surface area contributed by atoms with Crippen molar-refractivity contribution in [3.05, 3.63) is 60.7 Å². The Hall–Kier alpha value is -2.47. The Kier molecular flexibility index (Phi) is 5.05. The van der Waals surface area contributed by atoms with Crippen LogP contribution in [0.3, 0.4) is 0 Å². The molecular weight excluding hydrogens is 312 g/mol. The van der Waals surface area contributed by atoms with Crippen LogP contribution in [0.1, 0.15) is 12.4 Å².